The summed E-state index contributed by atoms with van der Waals surface area (Å²) in [6.45, 7) is 3.49. The van der Waals surface area contributed by atoms with Crippen molar-refractivity contribution >= 4 is 35.4 Å². The number of ether oxygens (including phenoxy) is 2. The van der Waals surface area contributed by atoms with Crippen molar-refractivity contribution in [3.8, 4) is 11.5 Å². The third kappa shape index (κ3) is 6.82. The fraction of sp³-hybridized carbons (Fsp3) is 0.355. The number of piperidine rings is 1. The van der Waals surface area contributed by atoms with E-state index in [0.29, 0.717) is 49.8 Å². The monoisotopic (exact) mass is 594 g/mol. The van der Waals surface area contributed by atoms with Gasteiger partial charge in [-0.1, -0.05) is 23.7 Å². The van der Waals surface area contributed by atoms with Crippen LogP contribution in [0.3, 0.4) is 0 Å². The number of likely N-dealkylation sites (N-methyl/N-ethyl adjacent to an activating group) is 1. The van der Waals surface area contributed by atoms with Crippen molar-refractivity contribution in [2.45, 2.75) is 31.7 Å². The van der Waals surface area contributed by atoms with Gasteiger partial charge in [0.15, 0.2) is 0 Å². The average Bonchev–Trinajstić information content (AvgIpc) is 3.43. The zero-order valence-electron chi connectivity index (χ0n) is 23.4. The van der Waals surface area contributed by atoms with Gasteiger partial charge in [-0.2, -0.15) is 0 Å². The second-order valence-corrected chi connectivity index (χ2v) is 11.0. The van der Waals surface area contributed by atoms with Crippen molar-refractivity contribution in [1.29, 1.82) is 0 Å². The lowest BCUT2D eigenvalue weighted by Gasteiger charge is -2.34. The molecule has 2 aromatic carbocycles. The van der Waals surface area contributed by atoms with Gasteiger partial charge in [-0.05, 0) is 66.9 Å². The molecule has 2 aliphatic heterocycles. The van der Waals surface area contributed by atoms with Crippen molar-refractivity contribution < 1.29 is 28.2 Å². The number of carbonyl (C=O) groups excluding carboxylic acids is 3. The summed E-state index contributed by atoms with van der Waals surface area (Å²) in [5.41, 5.74) is 0.972. The number of nitrogens with zero attached hydrogens (tertiary/aromatic N) is 4. The van der Waals surface area contributed by atoms with Gasteiger partial charge < -0.3 is 24.2 Å². The van der Waals surface area contributed by atoms with Gasteiger partial charge in [0.25, 0.3) is 0 Å². The fourth-order valence-corrected chi connectivity index (χ4v) is 5.73. The number of benzene rings is 2. The minimum atomic E-state index is -0.583. The molecular formula is C31H32ClFN4O5. The van der Waals surface area contributed by atoms with Crippen LogP contribution >= 0.6 is 11.6 Å². The van der Waals surface area contributed by atoms with Gasteiger partial charge >= 0.3 is 12.1 Å². The predicted molar refractivity (Wildman–Crippen MR) is 155 cm³/mol. The van der Waals surface area contributed by atoms with Gasteiger partial charge in [-0.25, -0.2) is 14.2 Å². The Bertz CT molecular complexity index is 1410. The number of anilines is 1. The average molecular weight is 595 g/mol. The van der Waals surface area contributed by atoms with Crippen LogP contribution in [0, 0.1) is 11.7 Å². The molecule has 42 heavy (non-hydrogen) atoms. The van der Waals surface area contributed by atoms with E-state index in [2.05, 4.69) is 9.88 Å². The highest BCUT2D eigenvalue weighted by molar-refractivity contribution is 6.30. The molecular weight excluding hydrogens is 563 g/mol. The number of carbonyl (C=O) groups is 3. The smallest absolute Gasteiger partial charge is 0.415 e. The molecule has 0 aliphatic carbocycles. The van der Waals surface area contributed by atoms with Crippen molar-refractivity contribution in [2.75, 3.05) is 38.1 Å². The Balaban J connectivity index is 1.25. The normalized spacial score (nSPS) is 19.0. The number of likely N-dealkylation sites (tertiary alicyclic amines) is 1. The molecule has 3 heterocycles. The lowest BCUT2D eigenvalue weighted by molar-refractivity contribution is -0.135. The molecule has 0 radical (unpaired) electrons. The quantitative estimate of drug-likeness (QED) is 0.365. The zero-order chi connectivity index (χ0) is 29.8. The number of aromatic nitrogens is 1. The molecule has 2 atom stereocenters. The Kier molecular flexibility index (Phi) is 8.91. The highest BCUT2D eigenvalue weighted by Gasteiger charge is 2.42. The Labute approximate surface area is 248 Å². The third-order valence-corrected chi connectivity index (χ3v) is 8.11. The SMILES string of the molecule is CC(=O)Oc1ccc(N2CCC(C(=O)N3C[C@@H](N(C)C(=O)Oc4ccc(F)cc4)[C@H](c4ccc(Cl)cc4)C3)CC2)nc1. The molecule has 2 saturated heterocycles. The Hall–Kier alpha value is -4.18. The topological polar surface area (TPSA) is 92.3 Å². The van der Waals surface area contributed by atoms with Crippen molar-refractivity contribution in [3.63, 3.8) is 0 Å². The van der Waals surface area contributed by atoms with Crippen LogP contribution in [0.25, 0.3) is 0 Å². The Morgan fingerprint density at radius 2 is 1.60 bits per heavy atom. The van der Waals surface area contributed by atoms with Crippen molar-refractivity contribution in [2.24, 2.45) is 5.92 Å². The lowest BCUT2D eigenvalue weighted by atomic mass is 9.93. The highest BCUT2D eigenvalue weighted by Crippen LogP contribution is 2.34. The zero-order valence-corrected chi connectivity index (χ0v) is 24.2. The molecule has 5 rings (SSSR count). The number of hydrogen-bond donors (Lipinski definition) is 0. The van der Waals surface area contributed by atoms with E-state index in [1.165, 1.54) is 42.3 Å². The fourth-order valence-electron chi connectivity index (χ4n) is 5.61. The van der Waals surface area contributed by atoms with Crippen LogP contribution in [0.2, 0.25) is 5.02 Å². The second kappa shape index (κ2) is 12.8. The Morgan fingerprint density at radius 1 is 0.929 bits per heavy atom. The molecule has 0 saturated carbocycles. The summed E-state index contributed by atoms with van der Waals surface area (Å²) in [5, 5.41) is 0.604. The molecule has 0 bridgehead atoms. The summed E-state index contributed by atoms with van der Waals surface area (Å²) in [4.78, 5) is 47.9. The first-order valence-corrected chi connectivity index (χ1v) is 14.2. The van der Waals surface area contributed by atoms with E-state index in [4.69, 9.17) is 21.1 Å². The summed E-state index contributed by atoms with van der Waals surface area (Å²) >= 11 is 6.13. The summed E-state index contributed by atoms with van der Waals surface area (Å²) in [5.74, 6) is 0.347. The molecule has 9 nitrogen and oxygen atoms in total. The first-order chi connectivity index (χ1) is 20.2. The molecule has 2 fully saturated rings. The minimum Gasteiger partial charge on any atom is -0.425 e. The van der Waals surface area contributed by atoms with Gasteiger partial charge in [-0.3, -0.25) is 9.59 Å². The summed E-state index contributed by atoms with van der Waals surface area (Å²) < 4.78 is 23.9. The standard InChI is InChI=1S/C31H32ClFN4O5/c1-20(38)41-26-11-12-29(34-17-26)36-15-13-22(14-16-36)30(39)37-18-27(21-3-5-23(32)6-4-21)28(19-37)35(2)31(40)42-25-9-7-24(33)8-10-25/h3-12,17,22,27-28H,13-16,18-19H2,1-2H3/t27-,28+/m0/s1. The summed E-state index contributed by atoms with van der Waals surface area (Å²) in [6, 6.07) is 15.9. The summed E-state index contributed by atoms with van der Waals surface area (Å²) in [6.07, 6.45) is 2.27. The van der Waals surface area contributed by atoms with Gasteiger partial charge in [0.1, 0.15) is 23.1 Å². The van der Waals surface area contributed by atoms with Crippen molar-refractivity contribution in [1.82, 2.24) is 14.8 Å². The van der Waals surface area contributed by atoms with Crippen LogP contribution in [-0.2, 0) is 9.59 Å². The maximum Gasteiger partial charge on any atom is 0.415 e. The van der Waals surface area contributed by atoms with Crippen LogP contribution in [-0.4, -0.2) is 72.0 Å². The van der Waals surface area contributed by atoms with Gasteiger partial charge in [0.2, 0.25) is 5.91 Å². The van der Waals surface area contributed by atoms with Gasteiger partial charge in [-0.15, -0.1) is 0 Å². The molecule has 1 aromatic heterocycles. The van der Waals surface area contributed by atoms with E-state index in [1.54, 1.807) is 25.2 Å². The maximum absolute atomic E-state index is 13.7. The second-order valence-electron chi connectivity index (χ2n) is 10.6. The number of amides is 2. The van der Waals surface area contributed by atoms with Gasteiger partial charge in [0, 0.05) is 57.0 Å². The van der Waals surface area contributed by atoms with E-state index in [1.807, 2.05) is 23.1 Å². The van der Waals surface area contributed by atoms with Crippen LogP contribution in [0.1, 0.15) is 31.2 Å². The van der Waals surface area contributed by atoms with Crippen LogP contribution in [0.4, 0.5) is 15.0 Å². The predicted octanol–water partition coefficient (Wildman–Crippen LogP) is 5.14. The minimum absolute atomic E-state index is 0.0644. The Morgan fingerprint density at radius 3 is 2.21 bits per heavy atom. The van der Waals surface area contributed by atoms with E-state index in [-0.39, 0.29) is 29.5 Å². The maximum atomic E-state index is 13.7. The molecule has 2 amide bonds. The first kappa shape index (κ1) is 29.3. The van der Waals surface area contributed by atoms with Crippen LogP contribution < -0.4 is 14.4 Å². The molecule has 11 heteroatoms. The molecule has 220 valence electrons. The molecule has 2 aliphatic rings. The third-order valence-electron chi connectivity index (χ3n) is 7.85. The number of hydrogen-bond acceptors (Lipinski definition) is 7. The molecule has 0 spiro atoms. The number of pyridine rings is 1. The number of esters is 1. The number of halogens is 2. The highest BCUT2D eigenvalue weighted by atomic mass is 35.5. The van der Waals surface area contributed by atoms with Crippen molar-refractivity contribution in [3.05, 3.63) is 83.3 Å². The van der Waals surface area contributed by atoms with E-state index in [0.717, 1.165) is 11.4 Å². The van der Waals surface area contributed by atoms with Gasteiger partial charge in [0.05, 0.1) is 12.2 Å². The van der Waals surface area contributed by atoms with E-state index >= 15 is 0 Å². The molecule has 0 unspecified atom stereocenters. The molecule has 0 N–H and O–H groups in total. The largest absolute Gasteiger partial charge is 0.425 e. The lowest BCUT2D eigenvalue weighted by Crippen LogP contribution is -2.45. The summed E-state index contributed by atoms with van der Waals surface area (Å²) in [7, 11) is 1.66. The van der Waals surface area contributed by atoms with Crippen LogP contribution in [0.15, 0.2) is 66.9 Å². The van der Waals surface area contributed by atoms with E-state index < -0.39 is 17.9 Å². The van der Waals surface area contributed by atoms with E-state index in [9.17, 15) is 18.8 Å². The molecule has 3 aromatic rings. The van der Waals surface area contributed by atoms with Crippen LogP contribution in [0.5, 0.6) is 11.5 Å². The number of rotatable bonds is 6. The first-order valence-electron chi connectivity index (χ1n) is 13.8.